The maximum atomic E-state index is 11.7. The van der Waals surface area contributed by atoms with Crippen LogP contribution in [-0.2, 0) is 10.0 Å². The molecule has 0 atom stereocenters. The minimum atomic E-state index is -3.43. The fourth-order valence-corrected chi connectivity index (χ4v) is 3.34. The van der Waals surface area contributed by atoms with E-state index in [0.29, 0.717) is 0 Å². The summed E-state index contributed by atoms with van der Waals surface area (Å²) in [7, 11) is -3.43. The number of hydrogen-bond acceptors (Lipinski definition) is 3. The largest absolute Gasteiger partial charge is 0.478 e. The van der Waals surface area contributed by atoms with E-state index in [1.807, 2.05) is 0 Å². The number of halogens is 1. The molecule has 18 heavy (non-hydrogen) atoms. The highest BCUT2D eigenvalue weighted by atomic mass is 35.5. The topological polar surface area (TPSA) is 83.5 Å². The van der Waals surface area contributed by atoms with E-state index in [0.717, 1.165) is 12.8 Å². The van der Waals surface area contributed by atoms with Crippen molar-refractivity contribution in [1.82, 2.24) is 0 Å². The van der Waals surface area contributed by atoms with Crippen LogP contribution in [0.15, 0.2) is 18.2 Å². The first kappa shape index (κ1) is 13.2. The lowest BCUT2D eigenvalue weighted by molar-refractivity contribution is 0.0697. The molecule has 2 N–H and O–H groups in total. The standard InChI is InChI=1S/C11H12ClNO4S/c12-9-3-8(11(14)15)4-10(5-9)13-18(16,17)6-7-1-2-7/h3-5,7,13H,1-2,6H2,(H,14,15). The number of rotatable bonds is 5. The van der Waals surface area contributed by atoms with Crippen molar-refractivity contribution in [3.05, 3.63) is 28.8 Å². The summed E-state index contributed by atoms with van der Waals surface area (Å²) in [6.45, 7) is 0. The minimum absolute atomic E-state index is 0.0494. The van der Waals surface area contributed by atoms with E-state index in [1.54, 1.807) is 0 Å². The Morgan fingerprint density at radius 1 is 1.39 bits per heavy atom. The normalized spacial score (nSPS) is 15.4. The molecule has 1 aliphatic rings. The molecule has 5 nitrogen and oxygen atoms in total. The van der Waals surface area contributed by atoms with Crippen molar-refractivity contribution in [2.24, 2.45) is 5.92 Å². The Morgan fingerprint density at radius 3 is 2.61 bits per heavy atom. The van der Waals surface area contributed by atoms with Crippen molar-refractivity contribution in [2.75, 3.05) is 10.5 Å². The highest BCUT2D eigenvalue weighted by molar-refractivity contribution is 7.92. The Bertz CT molecular complexity index is 581. The van der Waals surface area contributed by atoms with Gasteiger partial charge < -0.3 is 5.11 Å². The maximum absolute atomic E-state index is 11.7. The molecule has 1 aromatic carbocycles. The zero-order chi connectivity index (χ0) is 13.3. The van der Waals surface area contributed by atoms with E-state index < -0.39 is 16.0 Å². The Labute approximate surface area is 110 Å². The van der Waals surface area contributed by atoms with Gasteiger partial charge >= 0.3 is 5.97 Å². The van der Waals surface area contributed by atoms with Crippen molar-refractivity contribution in [1.29, 1.82) is 0 Å². The molecule has 0 saturated heterocycles. The fourth-order valence-electron chi connectivity index (χ4n) is 1.59. The number of nitrogens with one attached hydrogen (secondary N) is 1. The smallest absolute Gasteiger partial charge is 0.335 e. The number of carboxylic acids is 1. The second-order valence-electron chi connectivity index (χ2n) is 4.36. The molecule has 0 unspecified atom stereocenters. The third-order valence-electron chi connectivity index (χ3n) is 2.57. The monoisotopic (exact) mass is 289 g/mol. The molecule has 0 amide bonds. The first-order valence-electron chi connectivity index (χ1n) is 5.40. The molecule has 0 spiro atoms. The van der Waals surface area contributed by atoms with Crippen LogP contribution in [-0.4, -0.2) is 25.2 Å². The van der Waals surface area contributed by atoms with Crippen LogP contribution in [0.2, 0.25) is 5.02 Å². The fraction of sp³-hybridized carbons (Fsp3) is 0.364. The molecule has 0 bridgehead atoms. The van der Waals surface area contributed by atoms with Crippen LogP contribution in [0.5, 0.6) is 0 Å². The molecule has 1 aliphatic carbocycles. The van der Waals surface area contributed by atoms with Gasteiger partial charge in [0.05, 0.1) is 17.0 Å². The second kappa shape index (κ2) is 4.78. The zero-order valence-corrected chi connectivity index (χ0v) is 11.0. The van der Waals surface area contributed by atoms with Gasteiger partial charge in [0.1, 0.15) is 0 Å². The van der Waals surface area contributed by atoms with Gasteiger partial charge in [-0.15, -0.1) is 0 Å². The molecular formula is C11H12ClNO4S. The van der Waals surface area contributed by atoms with Gasteiger partial charge in [-0.05, 0) is 37.0 Å². The summed E-state index contributed by atoms with van der Waals surface area (Å²) in [5.41, 5.74) is 0.132. The summed E-state index contributed by atoms with van der Waals surface area (Å²) in [5.74, 6) is -0.858. The third-order valence-corrected chi connectivity index (χ3v) is 4.25. The summed E-state index contributed by atoms with van der Waals surface area (Å²) in [5, 5.41) is 9.03. The predicted molar refractivity (Wildman–Crippen MR) is 68.5 cm³/mol. The Hall–Kier alpha value is -1.27. The van der Waals surface area contributed by atoms with E-state index in [4.69, 9.17) is 16.7 Å². The lowest BCUT2D eigenvalue weighted by atomic mass is 10.2. The Kier molecular flexibility index (Phi) is 3.49. The van der Waals surface area contributed by atoms with Gasteiger partial charge in [-0.2, -0.15) is 0 Å². The molecule has 1 aromatic rings. The molecule has 7 heteroatoms. The van der Waals surface area contributed by atoms with Crippen LogP contribution in [0, 0.1) is 5.92 Å². The van der Waals surface area contributed by atoms with E-state index in [2.05, 4.69) is 4.72 Å². The van der Waals surface area contributed by atoms with E-state index in [1.165, 1.54) is 18.2 Å². The van der Waals surface area contributed by atoms with E-state index >= 15 is 0 Å². The van der Waals surface area contributed by atoms with E-state index in [9.17, 15) is 13.2 Å². The number of hydrogen-bond donors (Lipinski definition) is 2. The van der Waals surface area contributed by atoms with Crippen molar-refractivity contribution in [3.8, 4) is 0 Å². The van der Waals surface area contributed by atoms with Crippen LogP contribution >= 0.6 is 11.6 Å². The molecular weight excluding hydrogens is 278 g/mol. The molecule has 1 fully saturated rings. The maximum Gasteiger partial charge on any atom is 0.335 e. The summed E-state index contributed by atoms with van der Waals surface area (Å²) in [4.78, 5) is 10.8. The van der Waals surface area contributed by atoms with Crippen LogP contribution in [0.3, 0.4) is 0 Å². The average Bonchev–Trinajstić information content (AvgIpc) is 2.98. The number of anilines is 1. The molecule has 0 aromatic heterocycles. The lowest BCUT2D eigenvalue weighted by Gasteiger charge is -2.08. The van der Waals surface area contributed by atoms with Gasteiger partial charge in [-0.3, -0.25) is 4.72 Å². The van der Waals surface area contributed by atoms with Crippen LogP contribution in [0.1, 0.15) is 23.2 Å². The summed E-state index contributed by atoms with van der Waals surface area (Å²) in [6.07, 6.45) is 1.85. The SMILES string of the molecule is O=C(O)c1cc(Cl)cc(NS(=O)(=O)CC2CC2)c1. The predicted octanol–water partition coefficient (Wildman–Crippen LogP) is 2.19. The number of carboxylic acid groups (broad SMARTS) is 1. The first-order chi connectivity index (χ1) is 8.35. The quantitative estimate of drug-likeness (QED) is 0.870. The first-order valence-corrected chi connectivity index (χ1v) is 7.43. The van der Waals surface area contributed by atoms with Crippen molar-refractivity contribution >= 4 is 33.3 Å². The summed E-state index contributed by atoms with van der Waals surface area (Å²) in [6, 6.07) is 3.90. The zero-order valence-electron chi connectivity index (χ0n) is 9.39. The third kappa shape index (κ3) is 3.61. The number of sulfonamides is 1. The molecule has 0 radical (unpaired) electrons. The molecule has 0 heterocycles. The van der Waals surface area contributed by atoms with Crippen LogP contribution in [0.4, 0.5) is 5.69 Å². The van der Waals surface area contributed by atoms with Crippen molar-refractivity contribution in [2.45, 2.75) is 12.8 Å². The second-order valence-corrected chi connectivity index (χ2v) is 6.56. The highest BCUT2D eigenvalue weighted by Crippen LogP contribution is 2.31. The number of carbonyl (C=O) groups is 1. The summed E-state index contributed by atoms with van der Waals surface area (Å²) >= 11 is 5.74. The van der Waals surface area contributed by atoms with Gasteiger partial charge in [0.2, 0.25) is 10.0 Å². The Morgan fingerprint density at radius 2 is 2.06 bits per heavy atom. The van der Waals surface area contributed by atoms with Gasteiger partial charge in [0.15, 0.2) is 0 Å². The number of benzene rings is 1. The molecule has 0 aliphatic heterocycles. The van der Waals surface area contributed by atoms with E-state index in [-0.39, 0.29) is 27.9 Å². The molecule has 2 rings (SSSR count). The van der Waals surface area contributed by atoms with Gasteiger partial charge in [0.25, 0.3) is 0 Å². The van der Waals surface area contributed by atoms with Gasteiger partial charge in [0, 0.05) is 5.02 Å². The van der Waals surface area contributed by atoms with Crippen molar-refractivity contribution < 1.29 is 18.3 Å². The van der Waals surface area contributed by atoms with Gasteiger partial charge in [-0.25, -0.2) is 13.2 Å². The van der Waals surface area contributed by atoms with Crippen LogP contribution < -0.4 is 4.72 Å². The van der Waals surface area contributed by atoms with Crippen molar-refractivity contribution in [3.63, 3.8) is 0 Å². The number of aromatic carboxylic acids is 1. The Balaban J connectivity index is 2.20. The molecule has 98 valence electrons. The summed E-state index contributed by atoms with van der Waals surface area (Å²) < 4.78 is 25.8. The minimum Gasteiger partial charge on any atom is -0.478 e. The van der Waals surface area contributed by atoms with Crippen LogP contribution in [0.25, 0.3) is 0 Å². The lowest BCUT2D eigenvalue weighted by Crippen LogP contribution is -2.18. The highest BCUT2D eigenvalue weighted by Gasteiger charge is 2.28. The average molecular weight is 290 g/mol. The van der Waals surface area contributed by atoms with Gasteiger partial charge in [-0.1, -0.05) is 11.6 Å². The molecule has 1 saturated carbocycles.